The molecule has 1 saturated carbocycles. The summed E-state index contributed by atoms with van der Waals surface area (Å²) >= 11 is 2.04. The molecule has 2 atom stereocenters. The Morgan fingerprint density at radius 2 is 2.18 bits per heavy atom. The third-order valence-electron chi connectivity index (χ3n) is 3.16. The Kier molecular flexibility index (Phi) is 1.07. The maximum atomic E-state index is 2.42. The van der Waals surface area contributed by atoms with E-state index >= 15 is 0 Å². The molecular weight excluding hydrogens is 152 g/mol. The van der Waals surface area contributed by atoms with Crippen LogP contribution in [0.25, 0.3) is 0 Å². The minimum absolute atomic E-state index is 0.958. The molecule has 3 rings (SSSR count). The summed E-state index contributed by atoms with van der Waals surface area (Å²) in [4.78, 5) is 3.25. The Hall–Kier alpha value is -0.300. The van der Waals surface area contributed by atoms with E-state index in [4.69, 9.17) is 0 Å². The van der Waals surface area contributed by atoms with Crippen LogP contribution in [0, 0.1) is 6.92 Å². The maximum Gasteiger partial charge on any atom is 0.0114 e. The molecule has 0 unspecified atom stereocenters. The predicted octanol–water partition coefficient (Wildman–Crippen LogP) is 3.42. The molecule has 1 fully saturated rings. The van der Waals surface area contributed by atoms with Crippen molar-refractivity contribution in [1.82, 2.24) is 0 Å². The molecule has 1 aromatic heterocycles. The van der Waals surface area contributed by atoms with Crippen LogP contribution in [0.3, 0.4) is 0 Å². The number of rotatable bonds is 0. The van der Waals surface area contributed by atoms with Gasteiger partial charge >= 0.3 is 0 Å². The van der Waals surface area contributed by atoms with Gasteiger partial charge in [-0.1, -0.05) is 0 Å². The minimum Gasteiger partial charge on any atom is -0.145 e. The van der Waals surface area contributed by atoms with Crippen molar-refractivity contribution in [2.45, 2.75) is 38.0 Å². The summed E-state index contributed by atoms with van der Waals surface area (Å²) in [6, 6.07) is 2.42. The van der Waals surface area contributed by atoms with E-state index in [0.717, 1.165) is 11.8 Å². The molecule has 0 amide bonds. The van der Waals surface area contributed by atoms with Gasteiger partial charge in [0.25, 0.3) is 0 Å². The lowest BCUT2D eigenvalue weighted by Crippen LogP contribution is -1.91. The molecule has 0 nitrogen and oxygen atoms in total. The van der Waals surface area contributed by atoms with Crippen molar-refractivity contribution in [1.29, 1.82) is 0 Å². The highest BCUT2D eigenvalue weighted by Gasteiger charge is 2.38. The van der Waals surface area contributed by atoms with Crippen LogP contribution in [-0.2, 0) is 0 Å². The number of aryl methyl sites for hydroxylation is 1. The van der Waals surface area contributed by atoms with Crippen LogP contribution in [0.4, 0.5) is 0 Å². The van der Waals surface area contributed by atoms with Gasteiger partial charge < -0.3 is 0 Å². The van der Waals surface area contributed by atoms with Crippen molar-refractivity contribution in [2.75, 3.05) is 0 Å². The van der Waals surface area contributed by atoms with Crippen molar-refractivity contribution < 1.29 is 0 Å². The van der Waals surface area contributed by atoms with Crippen LogP contribution in [0.1, 0.15) is 46.4 Å². The predicted molar refractivity (Wildman–Crippen MR) is 48.4 cm³/mol. The molecular formula is C10H12S. The SMILES string of the molecule is Cc1cc2c(s1)[C@@H]1CC[C@H]2C1. The second-order valence-corrected chi connectivity index (χ2v) is 5.17. The summed E-state index contributed by atoms with van der Waals surface area (Å²) in [6.07, 6.45) is 4.41. The van der Waals surface area contributed by atoms with E-state index in [-0.39, 0.29) is 0 Å². The van der Waals surface area contributed by atoms with Gasteiger partial charge in [-0.05, 0) is 49.7 Å². The third-order valence-corrected chi connectivity index (χ3v) is 4.39. The molecule has 1 heterocycles. The second kappa shape index (κ2) is 1.89. The van der Waals surface area contributed by atoms with E-state index in [1.165, 1.54) is 24.1 Å². The number of hydrogen-bond acceptors (Lipinski definition) is 1. The number of thiophene rings is 1. The molecule has 2 bridgehead atoms. The lowest BCUT2D eigenvalue weighted by Gasteiger charge is -2.07. The van der Waals surface area contributed by atoms with Gasteiger partial charge in [0.1, 0.15) is 0 Å². The molecule has 0 radical (unpaired) electrons. The van der Waals surface area contributed by atoms with E-state index in [1.54, 1.807) is 10.4 Å². The number of fused-ring (bicyclic) bond motifs is 5. The van der Waals surface area contributed by atoms with Crippen molar-refractivity contribution in [3.05, 3.63) is 21.4 Å². The van der Waals surface area contributed by atoms with Crippen LogP contribution in [-0.4, -0.2) is 0 Å². The standard InChI is InChI=1S/C10H12S/c1-6-4-9-7-2-3-8(5-7)10(9)11-6/h4,7-8H,2-3,5H2,1H3/t7-,8+/m0/s1. The summed E-state index contributed by atoms with van der Waals surface area (Å²) in [7, 11) is 0. The average Bonchev–Trinajstić information content (AvgIpc) is 2.53. The van der Waals surface area contributed by atoms with Crippen LogP contribution >= 0.6 is 11.3 Å². The summed E-state index contributed by atoms with van der Waals surface area (Å²) < 4.78 is 0. The fraction of sp³-hybridized carbons (Fsp3) is 0.600. The Labute approximate surface area is 71.2 Å². The third kappa shape index (κ3) is 0.698. The molecule has 0 aromatic carbocycles. The van der Waals surface area contributed by atoms with Crippen molar-refractivity contribution >= 4 is 11.3 Å². The van der Waals surface area contributed by atoms with Crippen molar-refractivity contribution in [3.8, 4) is 0 Å². The lowest BCUT2D eigenvalue weighted by atomic mass is 9.99. The lowest BCUT2D eigenvalue weighted by molar-refractivity contribution is 0.728. The van der Waals surface area contributed by atoms with Gasteiger partial charge in [-0.25, -0.2) is 0 Å². The first-order valence-corrected chi connectivity index (χ1v) is 5.26. The van der Waals surface area contributed by atoms with Crippen molar-refractivity contribution in [3.63, 3.8) is 0 Å². The van der Waals surface area contributed by atoms with Crippen LogP contribution in [0.5, 0.6) is 0 Å². The monoisotopic (exact) mass is 164 g/mol. The topological polar surface area (TPSA) is 0 Å². The van der Waals surface area contributed by atoms with Gasteiger partial charge in [0.05, 0.1) is 0 Å². The van der Waals surface area contributed by atoms with Gasteiger partial charge in [0.2, 0.25) is 0 Å². The Morgan fingerprint density at radius 3 is 3.00 bits per heavy atom. The highest BCUT2D eigenvalue weighted by atomic mass is 32.1. The quantitative estimate of drug-likeness (QED) is 0.551. The van der Waals surface area contributed by atoms with Crippen LogP contribution in [0.15, 0.2) is 6.07 Å². The largest absolute Gasteiger partial charge is 0.145 e. The average molecular weight is 164 g/mol. The van der Waals surface area contributed by atoms with Crippen molar-refractivity contribution in [2.24, 2.45) is 0 Å². The summed E-state index contributed by atoms with van der Waals surface area (Å²) in [5.41, 5.74) is 1.71. The highest BCUT2D eigenvalue weighted by Crippen LogP contribution is 2.55. The Balaban J connectivity index is 2.21. The summed E-state index contributed by atoms with van der Waals surface area (Å²) in [5, 5.41) is 0. The molecule has 1 heteroatoms. The Morgan fingerprint density at radius 1 is 1.36 bits per heavy atom. The smallest absolute Gasteiger partial charge is 0.0114 e. The molecule has 1 aromatic rings. The number of hydrogen-bond donors (Lipinski definition) is 0. The van der Waals surface area contributed by atoms with Gasteiger partial charge in [-0.3, -0.25) is 0 Å². The van der Waals surface area contributed by atoms with E-state index in [2.05, 4.69) is 13.0 Å². The molecule has 11 heavy (non-hydrogen) atoms. The first-order chi connectivity index (χ1) is 5.34. The summed E-state index contributed by atoms with van der Waals surface area (Å²) in [6.45, 7) is 2.24. The minimum atomic E-state index is 0.958. The zero-order valence-corrected chi connectivity index (χ0v) is 7.58. The van der Waals surface area contributed by atoms with E-state index < -0.39 is 0 Å². The van der Waals surface area contributed by atoms with E-state index in [0.29, 0.717) is 0 Å². The second-order valence-electron chi connectivity index (χ2n) is 3.88. The van der Waals surface area contributed by atoms with Gasteiger partial charge in [0.15, 0.2) is 0 Å². The molecule has 2 aliphatic carbocycles. The first kappa shape index (κ1) is 6.24. The molecule has 58 valence electrons. The van der Waals surface area contributed by atoms with Gasteiger partial charge in [-0.2, -0.15) is 0 Å². The maximum absolute atomic E-state index is 2.42. The highest BCUT2D eigenvalue weighted by molar-refractivity contribution is 7.12. The molecule has 0 spiro atoms. The zero-order chi connectivity index (χ0) is 7.42. The van der Waals surface area contributed by atoms with Gasteiger partial charge in [-0.15, -0.1) is 11.3 Å². The van der Waals surface area contributed by atoms with E-state index in [9.17, 15) is 0 Å². The molecule has 0 saturated heterocycles. The van der Waals surface area contributed by atoms with Crippen LogP contribution in [0.2, 0.25) is 0 Å². The van der Waals surface area contributed by atoms with Gasteiger partial charge in [0, 0.05) is 9.75 Å². The summed E-state index contributed by atoms with van der Waals surface area (Å²) in [5.74, 6) is 1.92. The molecule has 0 N–H and O–H groups in total. The zero-order valence-electron chi connectivity index (χ0n) is 6.76. The fourth-order valence-corrected chi connectivity index (χ4v) is 3.95. The molecule has 2 aliphatic rings. The van der Waals surface area contributed by atoms with E-state index in [1.807, 2.05) is 11.3 Å². The fourth-order valence-electron chi connectivity index (χ4n) is 2.69. The van der Waals surface area contributed by atoms with Crippen LogP contribution < -0.4 is 0 Å². The normalized spacial score (nSPS) is 32.8. The molecule has 0 aliphatic heterocycles. The Bertz CT molecular complexity index is 270. The first-order valence-electron chi connectivity index (χ1n) is 4.45.